The number of halogens is 1. The molecule has 122 valence electrons. The zero-order chi connectivity index (χ0) is 16.9. The summed E-state index contributed by atoms with van der Waals surface area (Å²) in [4.78, 5) is 14.7. The molecule has 0 radical (unpaired) electrons. The van der Waals surface area contributed by atoms with E-state index in [1.807, 2.05) is 0 Å². The molecule has 1 aromatic heterocycles. The van der Waals surface area contributed by atoms with Gasteiger partial charge in [0.05, 0.1) is 18.5 Å². The molecule has 1 heterocycles. The lowest BCUT2D eigenvalue weighted by Crippen LogP contribution is -2.04. The van der Waals surface area contributed by atoms with Crippen molar-refractivity contribution < 1.29 is 23.8 Å². The number of nitrogens with zero attached hydrogens (tertiary/aromatic N) is 1. The van der Waals surface area contributed by atoms with E-state index in [1.165, 1.54) is 12.1 Å². The third-order valence-corrected chi connectivity index (χ3v) is 3.26. The number of carboxylic acids is 1. The molecular weight excluding hydrogens is 313 g/mol. The molecule has 6 heteroatoms. The van der Waals surface area contributed by atoms with Crippen LogP contribution in [0.15, 0.2) is 54.6 Å². The highest BCUT2D eigenvalue weighted by atomic mass is 19.1. The number of carbonyl (C=O) groups is 1. The van der Waals surface area contributed by atoms with E-state index >= 15 is 0 Å². The Balaban J connectivity index is 1.68. The number of aromatic nitrogens is 1. The molecule has 0 aliphatic rings. The lowest BCUT2D eigenvalue weighted by atomic mass is 10.2. The molecule has 1 N–H and O–H groups in total. The van der Waals surface area contributed by atoms with Gasteiger partial charge in [-0.15, -0.1) is 0 Å². The van der Waals surface area contributed by atoms with Crippen LogP contribution in [0.3, 0.4) is 0 Å². The van der Waals surface area contributed by atoms with Gasteiger partial charge in [-0.1, -0.05) is 0 Å². The van der Waals surface area contributed by atoms with Crippen LogP contribution in [0.4, 0.5) is 4.39 Å². The summed E-state index contributed by atoms with van der Waals surface area (Å²) in [6.45, 7) is 0.104. The van der Waals surface area contributed by atoms with Gasteiger partial charge < -0.3 is 14.6 Å². The summed E-state index contributed by atoms with van der Waals surface area (Å²) < 4.78 is 24.2. The molecule has 3 rings (SSSR count). The highest BCUT2D eigenvalue weighted by Gasteiger charge is 2.04. The van der Waals surface area contributed by atoms with Gasteiger partial charge >= 0.3 is 5.97 Å². The number of carboxylic acid groups (broad SMARTS) is 1. The Kier molecular flexibility index (Phi) is 4.56. The van der Waals surface area contributed by atoms with E-state index in [9.17, 15) is 9.18 Å². The Bertz CT molecular complexity index is 865. The van der Waals surface area contributed by atoms with Gasteiger partial charge in [-0.25, -0.2) is 9.37 Å². The van der Waals surface area contributed by atoms with Crippen molar-refractivity contribution in [2.45, 2.75) is 6.42 Å². The molecule has 5 nitrogen and oxygen atoms in total. The van der Waals surface area contributed by atoms with Crippen LogP contribution in [0, 0.1) is 5.82 Å². The average molecular weight is 327 g/mol. The molecule has 0 unspecified atom stereocenters. The topological polar surface area (TPSA) is 68.7 Å². The van der Waals surface area contributed by atoms with Gasteiger partial charge in [-0.05, 0) is 42.5 Å². The van der Waals surface area contributed by atoms with Gasteiger partial charge in [0, 0.05) is 17.5 Å². The summed E-state index contributed by atoms with van der Waals surface area (Å²) in [5.41, 5.74) is 0.515. The number of benzene rings is 2. The van der Waals surface area contributed by atoms with Crippen molar-refractivity contribution in [2.75, 3.05) is 6.61 Å². The zero-order valence-corrected chi connectivity index (χ0v) is 12.6. The van der Waals surface area contributed by atoms with Crippen LogP contribution in [0.5, 0.6) is 17.4 Å². The first kappa shape index (κ1) is 15.7. The molecule has 0 saturated heterocycles. The SMILES string of the molecule is O=C(O)CCOc1ccc(Oc2ccc3ccc(F)cc3n2)cc1. The minimum absolute atomic E-state index is 0.0597. The molecule has 3 aromatic rings. The predicted molar refractivity (Wildman–Crippen MR) is 86.0 cm³/mol. The molecule has 0 spiro atoms. The van der Waals surface area contributed by atoms with Crippen LogP contribution in [0.25, 0.3) is 10.9 Å². The smallest absolute Gasteiger partial charge is 0.306 e. The van der Waals surface area contributed by atoms with Crippen molar-refractivity contribution in [3.05, 3.63) is 60.4 Å². The second-order valence-corrected chi connectivity index (χ2v) is 5.05. The molecule has 0 atom stereocenters. The molecular formula is C18H14FNO4. The van der Waals surface area contributed by atoms with Gasteiger partial charge in [0.1, 0.15) is 17.3 Å². The number of fused-ring (bicyclic) bond motifs is 1. The van der Waals surface area contributed by atoms with Gasteiger partial charge in [-0.2, -0.15) is 0 Å². The Morgan fingerprint density at radius 3 is 2.50 bits per heavy atom. The van der Waals surface area contributed by atoms with Gasteiger partial charge in [0.2, 0.25) is 5.88 Å². The third-order valence-electron chi connectivity index (χ3n) is 3.26. The Labute approximate surface area is 137 Å². The van der Waals surface area contributed by atoms with Gasteiger partial charge in [0.15, 0.2) is 0 Å². The Hall–Kier alpha value is -3.15. The van der Waals surface area contributed by atoms with E-state index in [0.29, 0.717) is 22.9 Å². The molecule has 0 saturated carbocycles. The zero-order valence-electron chi connectivity index (χ0n) is 12.6. The maximum absolute atomic E-state index is 13.3. The van der Waals surface area contributed by atoms with Crippen LogP contribution < -0.4 is 9.47 Å². The fraction of sp³-hybridized carbons (Fsp3) is 0.111. The first-order valence-corrected chi connectivity index (χ1v) is 7.29. The molecule has 0 amide bonds. The van der Waals surface area contributed by atoms with E-state index in [4.69, 9.17) is 14.6 Å². The van der Waals surface area contributed by atoms with E-state index < -0.39 is 5.97 Å². The van der Waals surface area contributed by atoms with Crippen molar-refractivity contribution in [1.29, 1.82) is 0 Å². The minimum Gasteiger partial charge on any atom is -0.493 e. The Morgan fingerprint density at radius 1 is 1.04 bits per heavy atom. The molecule has 0 aliphatic carbocycles. The van der Waals surface area contributed by atoms with Gasteiger partial charge in [-0.3, -0.25) is 4.79 Å². The van der Waals surface area contributed by atoms with E-state index in [1.54, 1.807) is 42.5 Å². The molecule has 0 aliphatic heterocycles. The Morgan fingerprint density at radius 2 is 1.75 bits per heavy atom. The summed E-state index contributed by atoms with van der Waals surface area (Å²) in [5, 5.41) is 9.39. The maximum atomic E-state index is 13.3. The maximum Gasteiger partial charge on any atom is 0.306 e. The van der Waals surface area contributed by atoms with Crippen LogP contribution in [0.2, 0.25) is 0 Å². The average Bonchev–Trinajstić information content (AvgIpc) is 2.56. The number of rotatable bonds is 6. The number of pyridine rings is 1. The summed E-state index contributed by atoms with van der Waals surface area (Å²) in [6, 6.07) is 14.6. The number of ether oxygens (including phenoxy) is 2. The summed E-state index contributed by atoms with van der Waals surface area (Å²) in [7, 11) is 0. The monoisotopic (exact) mass is 327 g/mol. The number of aliphatic carboxylic acids is 1. The van der Waals surface area contributed by atoms with Crippen LogP contribution >= 0.6 is 0 Å². The first-order chi connectivity index (χ1) is 11.6. The fourth-order valence-corrected chi connectivity index (χ4v) is 2.11. The van der Waals surface area contributed by atoms with Crippen LogP contribution in [-0.2, 0) is 4.79 Å². The quantitative estimate of drug-likeness (QED) is 0.740. The normalized spacial score (nSPS) is 10.5. The third kappa shape index (κ3) is 3.98. The second-order valence-electron chi connectivity index (χ2n) is 5.05. The van der Waals surface area contributed by atoms with Crippen LogP contribution in [-0.4, -0.2) is 22.7 Å². The molecule has 24 heavy (non-hydrogen) atoms. The standard InChI is InChI=1S/C18H14FNO4/c19-13-3-1-12-2-8-17(20-16(12)11-13)24-15-6-4-14(5-7-15)23-10-9-18(21)22/h1-8,11H,9-10H2,(H,21,22). The molecule has 0 fully saturated rings. The van der Waals surface area contributed by atoms with E-state index in [-0.39, 0.29) is 18.8 Å². The lowest BCUT2D eigenvalue weighted by Gasteiger charge is -2.08. The second kappa shape index (κ2) is 6.95. The highest BCUT2D eigenvalue weighted by Crippen LogP contribution is 2.24. The fourth-order valence-electron chi connectivity index (χ4n) is 2.11. The van der Waals surface area contributed by atoms with E-state index in [2.05, 4.69) is 4.98 Å². The van der Waals surface area contributed by atoms with Crippen molar-refractivity contribution in [3.63, 3.8) is 0 Å². The summed E-state index contributed by atoms with van der Waals surface area (Å²) >= 11 is 0. The lowest BCUT2D eigenvalue weighted by molar-refractivity contribution is -0.137. The van der Waals surface area contributed by atoms with Crippen molar-refractivity contribution >= 4 is 16.9 Å². The molecule has 2 aromatic carbocycles. The van der Waals surface area contributed by atoms with Gasteiger partial charge in [0.25, 0.3) is 0 Å². The van der Waals surface area contributed by atoms with Crippen molar-refractivity contribution in [2.24, 2.45) is 0 Å². The number of hydrogen-bond acceptors (Lipinski definition) is 4. The van der Waals surface area contributed by atoms with Crippen molar-refractivity contribution in [3.8, 4) is 17.4 Å². The predicted octanol–water partition coefficient (Wildman–Crippen LogP) is 4.02. The summed E-state index contributed by atoms with van der Waals surface area (Å²) in [6.07, 6.45) is -0.0597. The summed E-state index contributed by atoms with van der Waals surface area (Å²) in [5.74, 6) is 0.192. The van der Waals surface area contributed by atoms with E-state index in [0.717, 1.165) is 5.39 Å². The molecule has 0 bridgehead atoms. The highest BCUT2D eigenvalue weighted by molar-refractivity contribution is 5.79. The van der Waals surface area contributed by atoms with Crippen LogP contribution in [0.1, 0.15) is 6.42 Å². The first-order valence-electron chi connectivity index (χ1n) is 7.29. The number of hydrogen-bond donors (Lipinski definition) is 1. The minimum atomic E-state index is -0.909. The largest absolute Gasteiger partial charge is 0.493 e. The van der Waals surface area contributed by atoms with Crippen molar-refractivity contribution in [1.82, 2.24) is 4.98 Å².